The smallest absolute Gasteiger partial charge is 0.315 e. The van der Waals surface area contributed by atoms with E-state index in [2.05, 4.69) is 15.7 Å². The first-order chi connectivity index (χ1) is 11.1. The highest BCUT2D eigenvalue weighted by molar-refractivity contribution is 5.74. The Morgan fingerprint density at radius 1 is 1.35 bits per heavy atom. The highest BCUT2D eigenvalue weighted by Crippen LogP contribution is 2.20. The fraction of sp³-hybridized carbons (Fsp3) is 0.412. The molecule has 0 saturated carbocycles. The number of amides is 2. The number of para-hydroxylation sites is 1. The Morgan fingerprint density at radius 2 is 2.13 bits per heavy atom. The molecule has 3 N–H and O–H groups in total. The minimum Gasteiger partial charge on any atom is -0.391 e. The second-order valence-corrected chi connectivity index (χ2v) is 5.53. The molecule has 124 valence electrons. The van der Waals surface area contributed by atoms with Crippen molar-refractivity contribution in [3.63, 3.8) is 0 Å². The number of carbonyl (C=O) groups excluding carboxylic acids is 1. The molecule has 2 amide bonds. The van der Waals surface area contributed by atoms with E-state index in [1.165, 1.54) is 0 Å². The molecule has 23 heavy (non-hydrogen) atoms. The molecule has 0 spiro atoms. The predicted octanol–water partition coefficient (Wildman–Crippen LogP) is 2.39. The molecule has 6 heteroatoms. The topological polar surface area (TPSA) is 79.2 Å². The normalized spacial score (nSPS) is 13.3. The van der Waals surface area contributed by atoms with Crippen molar-refractivity contribution < 1.29 is 9.90 Å². The number of carbonyl (C=O) groups is 1. The number of hydrogen-bond acceptors (Lipinski definition) is 3. The maximum absolute atomic E-state index is 12.0. The first-order valence-electron chi connectivity index (χ1n) is 7.93. The molecule has 0 bridgehead atoms. The highest BCUT2D eigenvalue weighted by atomic mass is 16.3. The van der Waals surface area contributed by atoms with Crippen LogP contribution in [0.3, 0.4) is 0 Å². The van der Waals surface area contributed by atoms with E-state index in [0.717, 1.165) is 17.7 Å². The molecule has 2 aromatic rings. The zero-order valence-corrected chi connectivity index (χ0v) is 13.6. The van der Waals surface area contributed by atoms with Gasteiger partial charge in [-0.05, 0) is 31.0 Å². The number of urea groups is 1. The van der Waals surface area contributed by atoms with Crippen molar-refractivity contribution in [2.75, 3.05) is 6.54 Å². The van der Waals surface area contributed by atoms with Gasteiger partial charge in [0.15, 0.2) is 0 Å². The van der Waals surface area contributed by atoms with Gasteiger partial charge in [0.25, 0.3) is 0 Å². The zero-order chi connectivity index (χ0) is 16.7. The molecule has 0 radical (unpaired) electrons. The molecule has 6 nitrogen and oxygen atoms in total. The van der Waals surface area contributed by atoms with E-state index in [0.29, 0.717) is 6.42 Å². The summed E-state index contributed by atoms with van der Waals surface area (Å²) in [6, 6.07) is 9.19. The molecule has 1 aromatic heterocycles. The van der Waals surface area contributed by atoms with E-state index in [9.17, 15) is 9.90 Å². The summed E-state index contributed by atoms with van der Waals surface area (Å²) in [6.45, 7) is 4.18. The zero-order valence-electron chi connectivity index (χ0n) is 13.6. The van der Waals surface area contributed by atoms with E-state index in [1.807, 2.05) is 50.4 Å². The van der Waals surface area contributed by atoms with E-state index in [1.54, 1.807) is 10.9 Å². The second kappa shape index (κ2) is 8.33. The molecule has 0 fully saturated rings. The fourth-order valence-corrected chi connectivity index (χ4v) is 2.44. The molecule has 0 saturated heterocycles. The van der Waals surface area contributed by atoms with Gasteiger partial charge in [0.05, 0.1) is 17.8 Å². The lowest BCUT2D eigenvalue weighted by molar-refractivity contribution is 0.160. The molecule has 0 aliphatic rings. The summed E-state index contributed by atoms with van der Waals surface area (Å²) in [4.78, 5) is 12.0. The van der Waals surface area contributed by atoms with Gasteiger partial charge in [-0.2, -0.15) is 5.10 Å². The number of aliphatic hydroxyl groups is 1. The predicted molar refractivity (Wildman–Crippen MR) is 89.4 cm³/mol. The van der Waals surface area contributed by atoms with Crippen LogP contribution in [-0.2, 0) is 0 Å². The van der Waals surface area contributed by atoms with Gasteiger partial charge in [-0.1, -0.05) is 31.5 Å². The third-order valence-electron chi connectivity index (χ3n) is 3.62. The van der Waals surface area contributed by atoms with Crippen LogP contribution in [0, 0.1) is 0 Å². The Hall–Kier alpha value is -2.34. The minimum absolute atomic E-state index is 0.182. The minimum atomic E-state index is -0.502. The third-order valence-corrected chi connectivity index (χ3v) is 3.62. The lowest BCUT2D eigenvalue weighted by Gasteiger charge is -2.19. The van der Waals surface area contributed by atoms with Gasteiger partial charge in [0.2, 0.25) is 0 Å². The van der Waals surface area contributed by atoms with E-state index < -0.39 is 6.10 Å². The number of benzene rings is 1. The van der Waals surface area contributed by atoms with Crippen LogP contribution in [-0.4, -0.2) is 33.6 Å². The summed E-state index contributed by atoms with van der Waals surface area (Å²) in [6.07, 6.45) is 4.65. The fourth-order valence-electron chi connectivity index (χ4n) is 2.44. The van der Waals surface area contributed by atoms with E-state index >= 15 is 0 Å². The quantitative estimate of drug-likeness (QED) is 0.734. The summed E-state index contributed by atoms with van der Waals surface area (Å²) in [5.41, 5.74) is 1.90. The van der Waals surface area contributed by atoms with Gasteiger partial charge in [-0.15, -0.1) is 0 Å². The number of aromatic nitrogens is 2. The van der Waals surface area contributed by atoms with E-state index in [-0.39, 0.29) is 18.6 Å². The molecule has 1 heterocycles. The number of rotatable bonds is 7. The van der Waals surface area contributed by atoms with Crippen LogP contribution in [0.2, 0.25) is 0 Å². The number of nitrogens with one attached hydrogen (secondary N) is 2. The summed E-state index contributed by atoms with van der Waals surface area (Å²) in [5.74, 6) is 0. The van der Waals surface area contributed by atoms with Gasteiger partial charge in [-0.3, -0.25) is 0 Å². The standard InChI is InChI=1S/C17H24N4O2/c1-3-7-14(22)12-18-17(23)20-13(2)15-8-4-5-9-16(15)21-11-6-10-19-21/h4-6,8-11,13-14,22H,3,7,12H2,1-2H3,(H2,18,20,23). The lowest BCUT2D eigenvalue weighted by Crippen LogP contribution is -2.40. The van der Waals surface area contributed by atoms with Crippen LogP contribution < -0.4 is 10.6 Å². The largest absolute Gasteiger partial charge is 0.391 e. The van der Waals surface area contributed by atoms with Crippen LogP contribution in [0.25, 0.3) is 5.69 Å². The van der Waals surface area contributed by atoms with Gasteiger partial charge in [0, 0.05) is 18.9 Å². The van der Waals surface area contributed by atoms with Gasteiger partial charge < -0.3 is 15.7 Å². The second-order valence-electron chi connectivity index (χ2n) is 5.53. The first kappa shape index (κ1) is 17.0. The first-order valence-corrected chi connectivity index (χ1v) is 7.93. The molecule has 1 aromatic carbocycles. The van der Waals surface area contributed by atoms with Crippen LogP contribution >= 0.6 is 0 Å². The molecule has 0 aliphatic carbocycles. The van der Waals surface area contributed by atoms with Crippen molar-refractivity contribution in [3.8, 4) is 5.69 Å². The average molecular weight is 316 g/mol. The van der Waals surface area contributed by atoms with Gasteiger partial charge in [-0.25, -0.2) is 9.48 Å². The number of nitrogens with zero attached hydrogens (tertiary/aromatic N) is 2. The molecule has 0 aliphatic heterocycles. The van der Waals surface area contributed by atoms with Crippen molar-refractivity contribution in [3.05, 3.63) is 48.3 Å². The highest BCUT2D eigenvalue weighted by Gasteiger charge is 2.14. The van der Waals surface area contributed by atoms with Crippen LogP contribution in [0.4, 0.5) is 4.79 Å². The SMILES string of the molecule is CCCC(O)CNC(=O)NC(C)c1ccccc1-n1cccn1. The lowest BCUT2D eigenvalue weighted by atomic mass is 10.1. The van der Waals surface area contributed by atoms with Crippen molar-refractivity contribution in [1.82, 2.24) is 20.4 Å². The van der Waals surface area contributed by atoms with Crippen molar-refractivity contribution in [1.29, 1.82) is 0 Å². The maximum atomic E-state index is 12.0. The summed E-state index contributed by atoms with van der Waals surface area (Å²) in [5, 5.41) is 19.5. The van der Waals surface area contributed by atoms with Crippen molar-refractivity contribution in [2.24, 2.45) is 0 Å². The summed E-state index contributed by atoms with van der Waals surface area (Å²) >= 11 is 0. The number of hydrogen-bond donors (Lipinski definition) is 3. The summed E-state index contributed by atoms with van der Waals surface area (Å²) < 4.78 is 1.77. The third kappa shape index (κ3) is 4.82. The Balaban J connectivity index is 1.98. The van der Waals surface area contributed by atoms with Crippen molar-refractivity contribution in [2.45, 2.75) is 38.8 Å². The van der Waals surface area contributed by atoms with E-state index in [4.69, 9.17) is 0 Å². The maximum Gasteiger partial charge on any atom is 0.315 e. The Morgan fingerprint density at radius 3 is 2.83 bits per heavy atom. The average Bonchev–Trinajstić information content (AvgIpc) is 3.07. The Labute approximate surface area is 136 Å². The molecule has 2 rings (SSSR count). The monoisotopic (exact) mass is 316 g/mol. The van der Waals surface area contributed by atoms with Crippen LogP contribution in [0.5, 0.6) is 0 Å². The van der Waals surface area contributed by atoms with Crippen LogP contribution in [0.15, 0.2) is 42.7 Å². The Kier molecular flexibility index (Phi) is 6.17. The van der Waals surface area contributed by atoms with Crippen LogP contribution in [0.1, 0.15) is 38.3 Å². The van der Waals surface area contributed by atoms with Gasteiger partial charge >= 0.3 is 6.03 Å². The Bertz CT molecular complexity index is 613. The molecular weight excluding hydrogens is 292 g/mol. The molecular formula is C17H24N4O2. The molecule has 2 atom stereocenters. The van der Waals surface area contributed by atoms with Crippen molar-refractivity contribution >= 4 is 6.03 Å². The summed E-state index contributed by atoms with van der Waals surface area (Å²) in [7, 11) is 0. The van der Waals surface area contributed by atoms with Gasteiger partial charge in [0.1, 0.15) is 0 Å². The number of aliphatic hydroxyl groups excluding tert-OH is 1. The molecule has 2 unspecified atom stereocenters.